The van der Waals surface area contributed by atoms with Crippen LogP contribution in [0.4, 0.5) is 0 Å². The van der Waals surface area contributed by atoms with E-state index in [1.54, 1.807) is 0 Å². The van der Waals surface area contributed by atoms with E-state index in [0.29, 0.717) is 0 Å². The minimum Gasteiger partial charge on any atom is -0.480 e. The average molecular weight is 276 g/mol. The lowest BCUT2D eigenvalue weighted by Gasteiger charge is -2.21. The van der Waals surface area contributed by atoms with Crippen molar-refractivity contribution in [1.29, 1.82) is 0 Å². The van der Waals surface area contributed by atoms with Crippen LogP contribution < -0.4 is 15.4 Å². The van der Waals surface area contributed by atoms with E-state index in [4.69, 9.17) is 4.74 Å². The highest BCUT2D eigenvalue weighted by Crippen LogP contribution is 2.28. The molecule has 1 saturated heterocycles. The van der Waals surface area contributed by atoms with Crippen molar-refractivity contribution in [2.24, 2.45) is 0 Å². The van der Waals surface area contributed by atoms with Crippen LogP contribution in [0.3, 0.4) is 0 Å². The number of carbonyl (C=O) groups is 1. The molecule has 0 radical (unpaired) electrons. The largest absolute Gasteiger partial charge is 0.480 e. The average Bonchev–Trinajstić information content (AvgIpc) is 2.64. The molecule has 0 aromatic heterocycles. The normalized spacial score (nSPS) is 20.9. The molecule has 1 aromatic carbocycles. The van der Waals surface area contributed by atoms with Crippen LogP contribution in [0.15, 0.2) is 18.2 Å². The molecule has 0 spiro atoms. The Balaban J connectivity index is 2.22. The lowest BCUT2D eigenvalue weighted by atomic mass is 10.0. The molecule has 0 bridgehead atoms. The number of nitrogens with one attached hydrogen (secondary N) is 2. The van der Waals surface area contributed by atoms with Gasteiger partial charge in [-0.25, -0.2) is 0 Å². The molecule has 1 amide bonds. The summed E-state index contributed by atoms with van der Waals surface area (Å²) in [6.45, 7) is 4.88. The summed E-state index contributed by atoms with van der Waals surface area (Å²) in [5, 5.41) is 6.13. The van der Waals surface area contributed by atoms with Crippen molar-refractivity contribution in [1.82, 2.24) is 10.6 Å². The van der Waals surface area contributed by atoms with Gasteiger partial charge in [0.2, 0.25) is 0 Å². The third kappa shape index (κ3) is 3.51. The zero-order valence-corrected chi connectivity index (χ0v) is 12.5. The van der Waals surface area contributed by atoms with Gasteiger partial charge in [0.05, 0.1) is 0 Å². The van der Waals surface area contributed by atoms with E-state index >= 15 is 0 Å². The highest BCUT2D eigenvalue weighted by Gasteiger charge is 2.24. The molecular formula is C16H24N2O2. The maximum atomic E-state index is 12.0. The van der Waals surface area contributed by atoms with Crippen LogP contribution in [-0.4, -0.2) is 25.6 Å². The van der Waals surface area contributed by atoms with Gasteiger partial charge in [0, 0.05) is 18.2 Å². The fourth-order valence-electron chi connectivity index (χ4n) is 2.43. The SMILES string of the molecule is CNC(C)c1ccc(C)cc1OC1CCCCNC1=O. The van der Waals surface area contributed by atoms with Crippen molar-refractivity contribution in [3.63, 3.8) is 0 Å². The zero-order chi connectivity index (χ0) is 14.5. The van der Waals surface area contributed by atoms with Crippen molar-refractivity contribution < 1.29 is 9.53 Å². The molecule has 1 aliphatic heterocycles. The molecule has 0 aliphatic carbocycles. The molecule has 0 saturated carbocycles. The molecule has 110 valence electrons. The van der Waals surface area contributed by atoms with Gasteiger partial charge in [0.25, 0.3) is 5.91 Å². The van der Waals surface area contributed by atoms with Crippen LogP contribution in [0.5, 0.6) is 5.75 Å². The quantitative estimate of drug-likeness (QED) is 0.887. The monoisotopic (exact) mass is 276 g/mol. The number of amides is 1. The zero-order valence-electron chi connectivity index (χ0n) is 12.5. The van der Waals surface area contributed by atoms with E-state index in [1.165, 1.54) is 0 Å². The van der Waals surface area contributed by atoms with Gasteiger partial charge in [0.1, 0.15) is 5.75 Å². The number of ether oxygens (including phenoxy) is 1. The second-order valence-corrected chi connectivity index (χ2v) is 5.44. The molecule has 2 unspecified atom stereocenters. The van der Waals surface area contributed by atoms with E-state index in [-0.39, 0.29) is 18.1 Å². The summed E-state index contributed by atoms with van der Waals surface area (Å²) < 4.78 is 6.03. The third-order valence-corrected chi connectivity index (χ3v) is 3.82. The van der Waals surface area contributed by atoms with Crippen LogP contribution in [0.25, 0.3) is 0 Å². The minimum absolute atomic E-state index is 0.00654. The highest BCUT2D eigenvalue weighted by atomic mass is 16.5. The second kappa shape index (κ2) is 6.75. The smallest absolute Gasteiger partial charge is 0.261 e. The predicted octanol–water partition coefficient (Wildman–Crippen LogP) is 2.32. The third-order valence-electron chi connectivity index (χ3n) is 3.82. The lowest BCUT2D eigenvalue weighted by molar-refractivity contribution is -0.127. The maximum Gasteiger partial charge on any atom is 0.261 e. The van der Waals surface area contributed by atoms with Crippen molar-refractivity contribution >= 4 is 5.91 Å². The molecule has 20 heavy (non-hydrogen) atoms. The van der Waals surface area contributed by atoms with E-state index in [0.717, 1.165) is 42.7 Å². The van der Waals surface area contributed by atoms with Gasteiger partial charge >= 0.3 is 0 Å². The molecule has 4 nitrogen and oxygen atoms in total. The summed E-state index contributed by atoms with van der Waals surface area (Å²) in [4.78, 5) is 12.0. The summed E-state index contributed by atoms with van der Waals surface area (Å²) >= 11 is 0. The number of hydrogen-bond acceptors (Lipinski definition) is 3. The number of benzene rings is 1. The minimum atomic E-state index is -0.373. The summed E-state index contributed by atoms with van der Waals surface area (Å²) in [5.74, 6) is 0.820. The standard InChI is InChI=1S/C16H24N2O2/c1-11-7-8-13(12(2)17-3)15(10-11)20-14-6-4-5-9-18-16(14)19/h7-8,10,12,14,17H,4-6,9H2,1-3H3,(H,18,19). The second-order valence-electron chi connectivity index (χ2n) is 5.44. The Morgan fingerprint density at radius 2 is 2.20 bits per heavy atom. The maximum absolute atomic E-state index is 12.0. The summed E-state index contributed by atoms with van der Waals surface area (Å²) in [6, 6.07) is 6.35. The molecule has 1 aliphatic rings. The van der Waals surface area contributed by atoms with Gasteiger partial charge in [-0.15, -0.1) is 0 Å². The van der Waals surface area contributed by atoms with Gasteiger partial charge in [0.15, 0.2) is 6.10 Å². The van der Waals surface area contributed by atoms with Crippen LogP contribution in [0, 0.1) is 6.92 Å². The number of carbonyl (C=O) groups excluding carboxylic acids is 1. The first-order valence-corrected chi connectivity index (χ1v) is 7.34. The summed E-state index contributed by atoms with van der Waals surface area (Å²) in [7, 11) is 1.92. The van der Waals surface area contributed by atoms with Crippen LogP contribution in [0.1, 0.15) is 43.4 Å². The van der Waals surface area contributed by atoms with E-state index in [9.17, 15) is 4.79 Å². The lowest BCUT2D eigenvalue weighted by Crippen LogP contribution is -2.36. The molecule has 2 atom stereocenters. The molecule has 1 aromatic rings. The Hall–Kier alpha value is -1.55. The van der Waals surface area contributed by atoms with E-state index < -0.39 is 0 Å². The van der Waals surface area contributed by atoms with Crippen molar-refractivity contribution in [2.75, 3.05) is 13.6 Å². The van der Waals surface area contributed by atoms with Gasteiger partial charge in [-0.05, 0) is 51.8 Å². The molecule has 1 fully saturated rings. The van der Waals surface area contributed by atoms with Crippen LogP contribution in [0.2, 0.25) is 0 Å². The first-order valence-electron chi connectivity index (χ1n) is 7.34. The predicted molar refractivity (Wildman–Crippen MR) is 79.9 cm³/mol. The molecule has 4 heteroatoms. The van der Waals surface area contributed by atoms with Gasteiger partial charge in [-0.3, -0.25) is 4.79 Å². The van der Waals surface area contributed by atoms with Crippen molar-refractivity contribution in [3.8, 4) is 5.75 Å². The Morgan fingerprint density at radius 1 is 1.40 bits per heavy atom. The Bertz CT molecular complexity index is 474. The van der Waals surface area contributed by atoms with Gasteiger partial charge < -0.3 is 15.4 Å². The fraction of sp³-hybridized carbons (Fsp3) is 0.562. The molecule has 2 rings (SSSR count). The van der Waals surface area contributed by atoms with E-state index in [2.05, 4.69) is 29.7 Å². The molecule has 1 heterocycles. The summed E-state index contributed by atoms with van der Waals surface area (Å²) in [5.41, 5.74) is 2.23. The topological polar surface area (TPSA) is 50.4 Å². The number of hydrogen-bond donors (Lipinski definition) is 2. The Labute approximate surface area is 120 Å². The molecular weight excluding hydrogens is 252 g/mol. The van der Waals surface area contributed by atoms with Crippen molar-refractivity contribution in [2.45, 2.75) is 45.3 Å². The number of rotatable bonds is 4. The molecule has 2 N–H and O–H groups in total. The van der Waals surface area contributed by atoms with Crippen LogP contribution >= 0.6 is 0 Å². The Morgan fingerprint density at radius 3 is 2.95 bits per heavy atom. The van der Waals surface area contributed by atoms with Gasteiger partial charge in [-0.1, -0.05) is 12.1 Å². The fourth-order valence-corrected chi connectivity index (χ4v) is 2.43. The van der Waals surface area contributed by atoms with Crippen LogP contribution in [-0.2, 0) is 4.79 Å². The summed E-state index contributed by atoms with van der Waals surface area (Å²) in [6.07, 6.45) is 2.46. The number of aryl methyl sites for hydroxylation is 1. The Kier molecular flexibility index (Phi) is 5.01. The van der Waals surface area contributed by atoms with Gasteiger partial charge in [-0.2, -0.15) is 0 Å². The van der Waals surface area contributed by atoms with E-state index in [1.807, 2.05) is 20.0 Å². The first-order chi connectivity index (χ1) is 9.61. The highest BCUT2D eigenvalue weighted by molar-refractivity contribution is 5.81. The van der Waals surface area contributed by atoms with Crippen molar-refractivity contribution in [3.05, 3.63) is 29.3 Å². The first kappa shape index (κ1) is 14.9.